The minimum Gasteiger partial charge on any atom is -0.394 e. The van der Waals surface area contributed by atoms with Gasteiger partial charge in [-0.25, -0.2) is 0 Å². The first-order valence-corrected chi connectivity index (χ1v) is 4.97. The van der Waals surface area contributed by atoms with Crippen LogP contribution in [0.15, 0.2) is 12.7 Å². The number of unbranched alkanes of at least 4 members (excludes halogenated alkanes) is 1. The SMILES string of the molecule is C=CCCCOCC(O)C(O)C(O)CO. The molecule has 3 atom stereocenters. The molecule has 0 aromatic rings. The molecule has 0 fully saturated rings. The highest BCUT2D eigenvalue weighted by molar-refractivity contribution is 4.74. The highest BCUT2D eigenvalue weighted by Gasteiger charge is 2.23. The lowest BCUT2D eigenvalue weighted by Crippen LogP contribution is -2.41. The van der Waals surface area contributed by atoms with E-state index < -0.39 is 24.9 Å². The van der Waals surface area contributed by atoms with Crippen molar-refractivity contribution < 1.29 is 25.2 Å². The van der Waals surface area contributed by atoms with Crippen LogP contribution in [0.4, 0.5) is 0 Å². The number of aliphatic hydroxyl groups is 4. The van der Waals surface area contributed by atoms with Gasteiger partial charge in [0, 0.05) is 6.61 Å². The van der Waals surface area contributed by atoms with E-state index in [2.05, 4.69) is 6.58 Å². The van der Waals surface area contributed by atoms with E-state index in [4.69, 9.17) is 14.9 Å². The minimum absolute atomic E-state index is 0.0601. The molecule has 0 saturated carbocycles. The molecule has 0 aliphatic carbocycles. The molecule has 0 aromatic heterocycles. The van der Waals surface area contributed by atoms with E-state index in [0.29, 0.717) is 6.61 Å². The lowest BCUT2D eigenvalue weighted by molar-refractivity contribution is -0.0996. The Kier molecular flexibility index (Phi) is 8.55. The molecule has 15 heavy (non-hydrogen) atoms. The predicted octanol–water partition coefficient (Wildman–Crippen LogP) is -0.956. The van der Waals surface area contributed by atoms with Gasteiger partial charge in [-0.05, 0) is 12.8 Å². The van der Waals surface area contributed by atoms with Crippen molar-refractivity contribution in [3.8, 4) is 0 Å². The van der Waals surface area contributed by atoms with Crippen molar-refractivity contribution in [3.63, 3.8) is 0 Å². The minimum atomic E-state index is -1.38. The Morgan fingerprint density at radius 2 is 1.87 bits per heavy atom. The summed E-state index contributed by atoms with van der Waals surface area (Å²) in [5.41, 5.74) is 0. The van der Waals surface area contributed by atoms with E-state index in [9.17, 15) is 10.2 Å². The van der Waals surface area contributed by atoms with Crippen molar-refractivity contribution in [3.05, 3.63) is 12.7 Å². The second-order valence-electron chi connectivity index (χ2n) is 3.31. The van der Waals surface area contributed by atoms with Crippen molar-refractivity contribution in [1.29, 1.82) is 0 Å². The molecule has 0 saturated heterocycles. The zero-order valence-corrected chi connectivity index (χ0v) is 8.75. The second-order valence-corrected chi connectivity index (χ2v) is 3.31. The molecule has 0 aromatic carbocycles. The maximum atomic E-state index is 9.31. The molecule has 0 rings (SSSR count). The normalized spacial score (nSPS) is 17.1. The molecule has 5 heteroatoms. The van der Waals surface area contributed by atoms with E-state index in [1.807, 2.05) is 0 Å². The van der Waals surface area contributed by atoms with Gasteiger partial charge in [0.2, 0.25) is 0 Å². The largest absolute Gasteiger partial charge is 0.394 e. The fraction of sp³-hybridized carbons (Fsp3) is 0.800. The molecule has 0 radical (unpaired) electrons. The number of allylic oxidation sites excluding steroid dienone is 1. The average Bonchev–Trinajstić information content (AvgIpc) is 2.26. The topological polar surface area (TPSA) is 90.2 Å². The third-order valence-electron chi connectivity index (χ3n) is 1.96. The van der Waals surface area contributed by atoms with Crippen molar-refractivity contribution in [2.24, 2.45) is 0 Å². The van der Waals surface area contributed by atoms with Crippen LogP contribution in [0, 0.1) is 0 Å². The number of rotatable bonds is 9. The maximum absolute atomic E-state index is 9.31. The standard InChI is InChI=1S/C10H20O5/c1-2-3-4-5-15-7-9(13)10(14)8(12)6-11/h2,8-14H,1,3-7H2. The van der Waals surface area contributed by atoms with Crippen molar-refractivity contribution in [1.82, 2.24) is 0 Å². The van der Waals surface area contributed by atoms with Crippen molar-refractivity contribution in [2.45, 2.75) is 31.2 Å². The van der Waals surface area contributed by atoms with Gasteiger partial charge in [-0.15, -0.1) is 6.58 Å². The fourth-order valence-corrected chi connectivity index (χ4v) is 0.997. The summed E-state index contributed by atoms with van der Waals surface area (Å²) in [5, 5.41) is 36.1. The van der Waals surface area contributed by atoms with Gasteiger partial charge in [0.1, 0.15) is 18.3 Å². The van der Waals surface area contributed by atoms with Crippen LogP contribution in [-0.4, -0.2) is 58.6 Å². The third-order valence-corrected chi connectivity index (χ3v) is 1.96. The number of ether oxygens (including phenoxy) is 1. The van der Waals surface area contributed by atoms with Gasteiger partial charge in [0.05, 0.1) is 13.2 Å². The Morgan fingerprint density at radius 1 is 1.20 bits per heavy atom. The van der Waals surface area contributed by atoms with E-state index in [1.165, 1.54) is 0 Å². The van der Waals surface area contributed by atoms with Crippen LogP contribution >= 0.6 is 0 Å². The highest BCUT2D eigenvalue weighted by atomic mass is 16.5. The molecule has 0 bridgehead atoms. The van der Waals surface area contributed by atoms with Crippen LogP contribution in [0.25, 0.3) is 0 Å². The summed E-state index contributed by atoms with van der Waals surface area (Å²) in [6.07, 6.45) is -0.501. The Balaban J connectivity index is 3.54. The third kappa shape index (κ3) is 6.59. The molecule has 0 amide bonds. The van der Waals surface area contributed by atoms with E-state index in [1.54, 1.807) is 6.08 Å². The van der Waals surface area contributed by atoms with Gasteiger partial charge in [-0.1, -0.05) is 6.08 Å². The first-order valence-electron chi connectivity index (χ1n) is 4.97. The van der Waals surface area contributed by atoms with E-state index in [0.717, 1.165) is 12.8 Å². The number of aliphatic hydroxyl groups excluding tert-OH is 4. The van der Waals surface area contributed by atoms with Crippen LogP contribution < -0.4 is 0 Å². The predicted molar refractivity (Wildman–Crippen MR) is 55.4 cm³/mol. The van der Waals surface area contributed by atoms with Gasteiger partial charge < -0.3 is 25.2 Å². The molecule has 0 spiro atoms. The van der Waals surface area contributed by atoms with Crippen molar-refractivity contribution >= 4 is 0 Å². The highest BCUT2D eigenvalue weighted by Crippen LogP contribution is 2.01. The average molecular weight is 220 g/mol. The summed E-state index contributed by atoms with van der Waals surface area (Å²) in [6, 6.07) is 0. The summed E-state index contributed by atoms with van der Waals surface area (Å²) in [6.45, 7) is 3.36. The lowest BCUT2D eigenvalue weighted by atomic mass is 10.1. The summed E-state index contributed by atoms with van der Waals surface area (Å²) in [7, 11) is 0. The zero-order valence-electron chi connectivity index (χ0n) is 8.75. The molecule has 0 heterocycles. The first-order chi connectivity index (χ1) is 7.13. The van der Waals surface area contributed by atoms with Crippen LogP contribution in [0.2, 0.25) is 0 Å². The lowest BCUT2D eigenvalue weighted by Gasteiger charge is -2.21. The Hall–Kier alpha value is -0.460. The molecular formula is C10H20O5. The van der Waals surface area contributed by atoms with Gasteiger partial charge in [0.15, 0.2) is 0 Å². The van der Waals surface area contributed by atoms with Gasteiger partial charge in [-0.2, -0.15) is 0 Å². The van der Waals surface area contributed by atoms with Gasteiger partial charge >= 0.3 is 0 Å². The smallest absolute Gasteiger partial charge is 0.110 e. The molecule has 5 nitrogen and oxygen atoms in total. The van der Waals surface area contributed by atoms with E-state index in [-0.39, 0.29) is 6.61 Å². The zero-order chi connectivity index (χ0) is 11.7. The Morgan fingerprint density at radius 3 is 2.40 bits per heavy atom. The van der Waals surface area contributed by atoms with Crippen LogP contribution in [0.1, 0.15) is 12.8 Å². The summed E-state index contributed by atoms with van der Waals surface area (Å²) in [4.78, 5) is 0. The maximum Gasteiger partial charge on any atom is 0.110 e. The number of hydrogen-bond acceptors (Lipinski definition) is 5. The van der Waals surface area contributed by atoms with Crippen LogP contribution in [0.5, 0.6) is 0 Å². The van der Waals surface area contributed by atoms with Gasteiger partial charge in [-0.3, -0.25) is 0 Å². The van der Waals surface area contributed by atoms with Gasteiger partial charge in [0.25, 0.3) is 0 Å². The van der Waals surface area contributed by atoms with Crippen LogP contribution in [0.3, 0.4) is 0 Å². The molecule has 90 valence electrons. The summed E-state index contributed by atoms with van der Waals surface area (Å²) < 4.78 is 5.06. The summed E-state index contributed by atoms with van der Waals surface area (Å²) >= 11 is 0. The first kappa shape index (κ1) is 14.5. The molecule has 4 N–H and O–H groups in total. The van der Waals surface area contributed by atoms with Crippen molar-refractivity contribution in [2.75, 3.05) is 19.8 Å². The summed E-state index contributed by atoms with van der Waals surface area (Å²) in [5.74, 6) is 0. The van der Waals surface area contributed by atoms with Crippen LogP contribution in [-0.2, 0) is 4.74 Å². The number of hydrogen-bond donors (Lipinski definition) is 4. The molecule has 0 aliphatic rings. The Labute approximate surface area is 89.6 Å². The second kappa shape index (κ2) is 8.82. The molecule has 3 unspecified atom stereocenters. The quantitative estimate of drug-likeness (QED) is 0.297. The molecule has 0 aliphatic heterocycles. The monoisotopic (exact) mass is 220 g/mol. The van der Waals surface area contributed by atoms with E-state index >= 15 is 0 Å². The molecular weight excluding hydrogens is 200 g/mol. The Bertz CT molecular complexity index is 162. The fourth-order valence-electron chi connectivity index (χ4n) is 0.997.